The monoisotopic (exact) mass is 208 g/mol. The van der Waals surface area contributed by atoms with Gasteiger partial charge in [0.25, 0.3) is 0 Å². The zero-order chi connectivity index (χ0) is 10.8. The summed E-state index contributed by atoms with van der Waals surface area (Å²) in [5, 5.41) is 9.01. The molecule has 2 rings (SSSR count). The fourth-order valence-corrected chi connectivity index (χ4v) is 2.40. The third-order valence-electron chi connectivity index (χ3n) is 3.14. The number of rotatable bonds is 2. The molecule has 1 aromatic rings. The van der Waals surface area contributed by atoms with Gasteiger partial charge in [0, 0.05) is 5.92 Å². The van der Waals surface area contributed by atoms with Crippen LogP contribution in [0.15, 0.2) is 24.3 Å². The lowest BCUT2D eigenvalue weighted by atomic mass is 9.89. The van der Waals surface area contributed by atoms with Crippen molar-refractivity contribution in [3.63, 3.8) is 0 Å². The predicted molar refractivity (Wildman–Crippen MR) is 54.1 cm³/mol. The first kappa shape index (κ1) is 10.1. The van der Waals surface area contributed by atoms with Gasteiger partial charge in [-0.05, 0) is 24.5 Å². The van der Waals surface area contributed by atoms with Crippen LogP contribution >= 0.6 is 0 Å². The summed E-state index contributed by atoms with van der Waals surface area (Å²) in [5.74, 6) is -1.65. The van der Waals surface area contributed by atoms with Crippen molar-refractivity contribution in [1.29, 1.82) is 0 Å². The zero-order valence-corrected chi connectivity index (χ0v) is 8.32. The summed E-state index contributed by atoms with van der Waals surface area (Å²) in [6.45, 7) is 0. The van der Waals surface area contributed by atoms with Gasteiger partial charge in [-0.3, -0.25) is 4.79 Å². The van der Waals surface area contributed by atoms with Gasteiger partial charge in [0.1, 0.15) is 5.82 Å². The van der Waals surface area contributed by atoms with Crippen LogP contribution in [0.5, 0.6) is 0 Å². The van der Waals surface area contributed by atoms with E-state index in [1.165, 1.54) is 6.07 Å². The van der Waals surface area contributed by atoms with E-state index in [9.17, 15) is 9.18 Å². The standard InChI is InChI=1S/C12H13FO2/c13-11-7-2-1-4-9(11)8-5-3-6-10(8)12(14)15/h1-2,4,7-8,10H,3,5-6H2,(H,14,15). The van der Waals surface area contributed by atoms with Crippen LogP contribution in [-0.4, -0.2) is 11.1 Å². The highest BCUT2D eigenvalue weighted by atomic mass is 19.1. The van der Waals surface area contributed by atoms with Crippen LogP contribution in [-0.2, 0) is 4.79 Å². The summed E-state index contributed by atoms with van der Waals surface area (Å²) < 4.78 is 13.5. The summed E-state index contributed by atoms with van der Waals surface area (Å²) in [6, 6.07) is 6.48. The van der Waals surface area contributed by atoms with E-state index in [0.29, 0.717) is 12.0 Å². The molecule has 1 saturated carbocycles. The van der Waals surface area contributed by atoms with E-state index >= 15 is 0 Å². The Balaban J connectivity index is 2.30. The smallest absolute Gasteiger partial charge is 0.307 e. The molecule has 2 nitrogen and oxygen atoms in total. The molecule has 1 N–H and O–H groups in total. The second kappa shape index (κ2) is 4.01. The maximum atomic E-state index is 13.5. The molecular weight excluding hydrogens is 195 g/mol. The first-order chi connectivity index (χ1) is 7.20. The largest absolute Gasteiger partial charge is 0.481 e. The van der Waals surface area contributed by atoms with E-state index in [-0.39, 0.29) is 11.7 Å². The molecule has 1 aliphatic carbocycles. The maximum Gasteiger partial charge on any atom is 0.307 e. The van der Waals surface area contributed by atoms with Crippen LogP contribution < -0.4 is 0 Å². The molecule has 0 aromatic heterocycles. The number of aliphatic carboxylic acids is 1. The number of halogens is 1. The maximum absolute atomic E-state index is 13.5. The Morgan fingerprint density at radius 2 is 2.07 bits per heavy atom. The van der Waals surface area contributed by atoms with Gasteiger partial charge in [-0.1, -0.05) is 24.6 Å². The molecule has 15 heavy (non-hydrogen) atoms. The number of carbonyl (C=O) groups is 1. The molecule has 0 radical (unpaired) electrons. The lowest BCUT2D eigenvalue weighted by Gasteiger charge is -2.16. The second-order valence-corrected chi connectivity index (χ2v) is 4.00. The average molecular weight is 208 g/mol. The van der Waals surface area contributed by atoms with E-state index in [0.717, 1.165) is 12.8 Å². The summed E-state index contributed by atoms with van der Waals surface area (Å²) in [7, 11) is 0. The van der Waals surface area contributed by atoms with Crippen molar-refractivity contribution in [3.05, 3.63) is 35.6 Å². The van der Waals surface area contributed by atoms with Crippen LogP contribution in [0.1, 0.15) is 30.7 Å². The minimum absolute atomic E-state index is 0.149. The van der Waals surface area contributed by atoms with Crippen molar-refractivity contribution in [2.24, 2.45) is 5.92 Å². The van der Waals surface area contributed by atoms with Gasteiger partial charge < -0.3 is 5.11 Å². The van der Waals surface area contributed by atoms with E-state index in [1.54, 1.807) is 18.2 Å². The number of carboxylic acids is 1. The second-order valence-electron chi connectivity index (χ2n) is 4.00. The number of carboxylic acid groups (broad SMARTS) is 1. The molecule has 1 aliphatic rings. The molecule has 0 saturated heterocycles. The molecule has 0 amide bonds. The Kier molecular flexibility index (Phi) is 2.71. The van der Waals surface area contributed by atoms with Crippen LogP contribution in [0.4, 0.5) is 4.39 Å². The van der Waals surface area contributed by atoms with Gasteiger partial charge in [-0.15, -0.1) is 0 Å². The van der Waals surface area contributed by atoms with E-state index in [2.05, 4.69) is 0 Å². The van der Waals surface area contributed by atoms with E-state index in [4.69, 9.17) is 5.11 Å². The highest BCUT2D eigenvalue weighted by molar-refractivity contribution is 5.71. The predicted octanol–water partition coefficient (Wildman–Crippen LogP) is 2.79. The van der Waals surface area contributed by atoms with Crippen molar-refractivity contribution in [2.75, 3.05) is 0 Å². The normalized spacial score (nSPS) is 25.4. The van der Waals surface area contributed by atoms with Crippen molar-refractivity contribution in [1.82, 2.24) is 0 Å². The highest BCUT2D eigenvalue weighted by Gasteiger charge is 2.35. The van der Waals surface area contributed by atoms with Crippen molar-refractivity contribution >= 4 is 5.97 Å². The van der Waals surface area contributed by atoms with Gasteiger partial charge >= 0.3 is 5.97 Å². The minimum Gasteiger partial charge on any atom is -0.481 e. The van der Waals surface area contributed by atoms with Crippen LogP contribution in [0.2, 0.25) is 0 Å². The number of benzene rings is 1. The first-order valence-electron chi connectivity index (χ1n) is 5.17. The van der Waals surface area contributed by atoms with Gasteiger partial charge in [0.15, 0.2) is 0 Å². The molecule has 0 aliphatic heterocycles. The van der Waals surface area contributed by atoms with Gasteiger partial charge in [-0.2, -0.15) is 0 Å². The topological polar surface area (TPSA) is 37.3 Å². The zero-order valence-electron chi connectivity index (χ0n) is 8.32. The molecule has 0 bridgehead atoms. The van der Waals surface area contributed by atoms with Crippen molar-refractivity contribution in [3.8, 4) is 0 Å². The number of hydrogen-bond acceptors (Lipinski definition) is 1. The van der Waals surface area contributed by atoms with Gasteiger partial charge in [-0.25, -0.2) is 4.39 Å². The lowest BCUT2D eigenvalue weighted by molar-refractivity contribution is -0.142. The quantitative estimate of drug-likeness (QED) is 0.811. The SMILES string of the molecule is O=C(O)C1CCCC1c1ccccc1F. The molecule has 0 heterocycles. The molecule has 1 aromatic carbocycles. The fraction of sp³-hybridized carbons (Fsp3) is 0.417. The van der Waals surface area contributed by atoms with Gasteiger partial charge in [0.2, 0.25) is 0 Å². The molecule has 2 unspecified atom stereocenters. The Labute approximate surface area is 87.7 Å². The van der Waals surface area contributed by atoms with E-state index < -0.39 is 11.9 Å². The average Bonchev–Trinajstić information content (AvgIpc) is 2.67. The molecule has 3 heteroatoms. The fourth-order valence-electron chi connectivity index (χ4n) is 2.40. The number of hydrogen-bond donors (Lipinski definition) is 1. The molecule has 0 spiro atoms. The van der Waals surface area contributed by atoms with Crippen LogP contribution in [0, 0.1) is 11.7 Å². The molecular formula is C12H13FO2. The van der Waals surface area contributed by atoms with E-state index in [1.807, 2.05) is 0 Å². The van der Waals surface area contributed by atoms with Crippen LogP contribution in [0.3, 0.4) is 0 Å². The van der Waals surface area contributed by atoms with Crippen molar-refractivity contribution in [2.45, 2.75) is 25.2 Å². The lowest BCUT2D eigenvalue weighted by Crippen LogP contribution is -2.17. The Morgan fingerprint density at radius 1 is 1.33 bits per heavy atom. The van der Waals surface area contributed by atoms with Gasteiger partial charge in [0.05, 0.1) is 5.92 Å². The Morgan fingerprint density at radius 3 is 2.73 bits per heavy atom. The van der Waals surface area contributed by atoms with Crippen molar-refractivity contribution < 1.29 is 14.3 Å². The third-order valence-corrected chi connectivity index (χ3v) is 3.14. The summed E-state index contributed by atoms with van der Waals surface area (Å²) in [5.41, 5.74) is 0.558. The first-order valence-corrected chi connectivity index (χ1v) is 5.17. The molecule has 80 valence electrons. The highest BCUT2D eigenvalue weighted by Crippen LogP contribution is 2.40. The summed E-state index contributed by atoms with van der Waals surface area (Å²) >= 11 is 0. The van der Waals surface area contributed by atoms with Crippen LogP contribution in [0.25, 0.3) is 0 Å². The molecule has 2 atom stereocenters. The summed E-state index contributed by atoms with van der Waals surface area (Å²) in [6.07, 6.45) is 2.31. The summed E-state index contributed by atoms with van der Waals surface area (Å²) in [4.78, 5) is 11.0. The Hall–Kier alpha value is -1.38. The Bertz CT molecular complexity index is 376. The third kappa shape index (κ3) is 1.87. The minimum atomic E-state index is -0.805. The molecule has 1 fully saturated rings.